The molecule has 4 heteroatoms. The minimum atomic E-state index is -0.0709. The molecule has 0 bridgehead atoms. The van der Waals surface area contributed by atoms with E-state index in [1.165, 1.54) is 0 Å². The zero-order valence-corrected chi connectivity index (χ0v) is 7.35. The lowest BCUT2D eigenvalue weighted by atomic mass is 10.2. The number of aromatic nitrogens is 1. The molecule has 0 spiro atoms. The molecule has 62 valence electrons. The van der Waals surface area contributed by atoms with Crippen LogP contribution in [-0.4, -0.2) is 10.1 Å². The van der Waals surface area contributed by atoms with Crippen LogP contribution in [0, 0.1) is 6.92 Å². The number of hydrogen-bond acceptors (Lipinski definition) is 4. The third-order valence-corrected chi connectivity index (χ3v) is 2.82. The molecule has 12 heavy (non-hydrogen) atoms. The SMILES string of the molecule is Cc1nc(O)c(N)c2ccsc12. The van der Waals surface area contributed by atoms with Gasteiger partial charge in [-0.1, -0.05) is 0 Å². The summed E-state index contributed by atoms with van der Waals surface area (Å²) in [7, 11) is 0. The Hall–Kier alpha value is -1.29. The molecule has 0 radical (unpaired) electrons. The molecule has 0 aromatic carbocycles. The van der Waals surface area contributed by atoms with Gasteiger partial charge >= 0.3 is 0 Å². The van der Waals surface area contributed by atoms with Crippen molar-refractivity contribution in [3.63, 3.8) is 0 Å². The Morgan fingerprint density at radius 1 is 1.58 bits per heavy atom. The Kier molecular flexibility index (Phi) is 1.44. The van der Waals surface area contributed by atoms with Crippen molar-refractivity contribution in [3.05, 3.63) is 17.1 Å². The highest BCUT2D eigenvalue weighted by Gasteiger charge is 2.08. The number of nitrogens with two attached hydrogens (primary N) is 1. The first-order chi connectivity index (χ1) is 5.70. The average Bonchev–Trinajstić information content (AvgIpc) is 2.48. The molecule has 0 aliphatic heterocycles. The maximum atomic E-state index is 9.28. The van der Waals surface area contributed by atoms with Crippen molar-refractivity contribution in [3.8, 4) is 5.88 Å². The molecule has 0 aliphatic carbocycles. The molecule has 2 aromatic rings. The molecule has 2 aromatic heterocycles. The van der Waals surface area contributed by atoms with Crippen molar-refractivity contribution in [2.24, 2.45) is 0 Å². The maximum Gasteiger partial charge on any atom is 0.235 e. The molecule has 0 amide bonds. The molecule has 0 atom stereocenters. The Bertz CT molecular complexity index is 436. The van der Waals surface area contributed by atoms with Crippen molar-refractivity contribution in [2.45, 2.75) is 6.92 Å². The minimum absolute atomic E-state index is 0.0709. The molecular weight excluding hydrogens is 172 g/mol. The van der Waals surface area contributed by atoms with E-state index >= 15 is 0 Å². The van der Waals surface area contributed by atoms with Crippen molar-refractivity contribution < 1.29 is 5.11 Å². The van der Waals surface area contributed by atoms with Gasteiger partial charge in [0.15, 0.2) is 0 Å². The number of hydrogen-bond donors (Lipinski definition) is 2. The van der Waals surface area contributed by atoms with E-state index in [1.54, 1.807) is 11.3 Å². The van der Waals surface area contributed by atoms with Gasteiger partial charge in [-0.05, 0) is 18.4 Å². The zero-order valence-electron chi connectivity index (χ0n) is 6.53. The van der Waals surface area contributed by atoms with Gasteiger partial charge < -0.3 is 10.8 Å². The van der Waals surface area contributed by atoms with Gasteiger partial charge in [0.1, 0.15) is 5.69 Å². The molecule has 2 rings (SSSR count). The van der Waals surface area contributed by atoms with Crippen LogP contribution in [0.25, 0.3) is 10.1 Å². The lowest BCUT2D eigenvalue weighted by Crippen LogP contribution is -1.90. The van der Waals surface area contributed by atoms with Gasteiger partial charge in [-0.15, -0.1) is 11.3 Å². The molecule has 3 nitrogen and oxygen atoms in total. The van der Waals surface area contributed by atoms with Gasteiger partial charge in [0.25, 0.3) is 0 Å². The van der Waals surface area contributed by atoms with Gasteiger partial charge in [0.2, 0.25) is 5.88 Å². The molecule has 3 N–H and O–H groups in total. The summed E-state index contributed by atoms with van der Waals surface area (Å²) in [5.74, 6) is -0.0709. The number of nitrogen functional groups attached to an aromatic ring is 1. The highest BCUT2D eigenvalue weighted by Crippen LogP contribution is 2.32. The van der Waals surface area contributed by atoms with Crippen LogP contribution in [0.5, 0.6) is 5.88 Å². The predicted octanol–water partition coefficient (Wildman–Crippen LogP) is 1.89. The number of aromatic hydroxyl groups is 1. The van der Waals surface area contributed by atoms with Crippen LogP contribution in [0.2, 0.25) is 0 Å². The number of pyridine rings is 1. The van der Waals surface area contributed by atoms with Gasteiger partial charge in [-0.25, -0.2) is 4.98 Å². The fraction of sp³-hybridized carbons (Fsp3) is 0.125. The first-order valence-electron chi connectivity index (χ1n) is 3.52. The molecule has 0 saturated heterocycles. The molecule has 0 saturated carbocycles. The third-order valence-electron chi connectivity index (χ3n) is 1.80. The lowest BCUT2D eigenvalue weighted by molar-refractivity contribution is 0.456. The summed E-state index contributed by atoms with van der Waals surface area (Å²) >= 11 is 1.58. The van der Waals surface area contributed by atoms with E-state index in [4.69, 9.17) is 5.73 Å². The van der Waals surface area contributed by atoms with Crippen molar-refractivity contribution >= 4 is 27.1 Å². The van der Waals surface area contributed by atoms with Crippen LogP contribution >= 0.6 is 11.3 Å². The summed E-state index contributed by atoms with van der Waals surface area (Å²) in [5, 5.41) is 12.1. The highest BCUT2D eigenvalue weighted by molar-refractivity contribution is 7.17. The molecule has 2 heterocycles. The van der Waals surface area contributed by atoms with Crippen molar-refractivity contribution in [1.82, 2.24) is 4.98 Å². The Balaban J connectivity index is 2.97. The van der Waals surface area contributed by atoms with Gasteiger partial charge in [0, 0.05) is 5.39 Å². The van der Waals surface area contributed by atoms with Gasteiger partial charge in [-0.2, -0.15) is 0 Å². The summed E-state index contributed by atoms with van der Waals surface area (Å²) in [4.78, 5) is 3.91. The zero-order chi connectivity index (χ0) is 8.72. The second kappa shape index (κ2) is 2.35. The normalized spacial score (nSPS) is 10.8. The van der Waals surface area contributed by atoms with E-state index in [-0.39, 0.29) is 5.88 Å². The number of fused-ring (bicyclic) bond motifs is 1. The number of thiophene rings is 1. The Morgan fingerprint density at radius 2 is 2.33 bits per heavy atom. The second-order valence-corrected chi connectivity index (χ2v) is 3.51. The fourth-order valence-electron chi connectivity index (χ4n) is 1.19. The Labute approximate surface area is 73.5 Å². The number of nitrogens with zero attached hydrogens (tertiary/aromatic N) is 1. The van der Waals surface area contributed by atoms with Crippen LogP contribution in [0.1, 0.15) is 5.69 Å². The average molecular weight is 180 g/mol. The first kappa shape index (κ1) is 7.36. The van der Waals surface area contributed by atoms with Crippen LogP contribution < -0.4 is 5.73 Å². The summed E-state index contributed by atoms with van der Waals surface area (Å²) in [6.07, 6.45) is 0. The minimum Gasteiger partial charge on any atom is -0.492 e. The summed E-state index contributed by atoms with van der Waals surface area (Å²) in [5.41, 5.74) is 6.82. The number of aryl methyl sites for hydroxylation is 1. The van der Waals surface area contributed by atoms with Gasteiger partial charge in [0.05, 0.1) is 10.4 Å². The van der Waals surface area contributed by atoms with E-state index in [1.807, 2.05) is 18.4 Å². The van der Waals surface area contributed by atoms with E-state index in [9.17, 15) is 5.11 Å². The van der Waals surface area contributed by atoms with E-state index in [0.29, 0.717) is 5.69 Å². The maximum absolute atomic E-state index is 9.28. The lowest BCUT2D eigenvalue weighted by Gasteiger charge is -2.01. The highest BCUT2D eigenvalue weighted by atomic mass is 32.1. The Morgan fingerprint density at radius 3 is 3.08 bits per heavy atom. The summed E-state index contributed by atoms with van der Waals surface area (Å²) in [6, 6.07) is 1.89. The van der Waals surface area contributed by atoms with Crippen LogP contribution in [-0.2, 0) is 0 Å². The summed E-state index contributed by atoms with van der Waals surface area (Å²) < 4.78 is 1.05. The van der Waals surface area contributed by atoms with E-state index in [2.05, 4.69) is 4.98 Å². The van der Waals surface area contributed by atoms with Gasteiger partial charge in [-0.3, -0.25) is 0 Å². The summed E-state index contributed by atoms with van der Waals surface area (Å²) in [6.45, 7) is 1.86. The van der Waals surface area contributed by atoms with Crippen molar-refractivity contribution in [1.29, 1.82) is 0 Å². The topological polar surface area (TPSA) is 59.1 Å². The van der Waals surface area contributed by atoms with E-state index in [0.717, 1.165) is 15.8 Å². The number of rotatable bonds is 0. The smallest absolute Gasteiger partial charge is 0.235 e. The van der Waals surface area contributed by atoms with E-state index < -0.39 is 0 Å². The molecule has 0 aliphatic rings. The largest absolute Gasteiger partial charge is 0.492 e. The quantitative estimate of drug-likeness (QED) is 0.651. The fourth-order valence-corrected chi connectivity index (χ4v) is 2.05. The standard InChI is InChI=1S/C8H8N2OS/c1-4-7-5(2-3-12-7)6(9)8(11)10-4/h2-3H,9H2,1H3,(H,10,11). The monoisotopic (exact) mass is 180 g/mol. The molecule has 0 unspecified atom stereocenters. The van der Waals surface area contributed by atoms with Crippen molar-refractivity contribution in [2.75, 3.05) is 5.73 Å². The van der Waals surface area contributed by atoms with Crippen LogP contribution in [0.4, 0.5) is 5.69 Å². The molecular formula is C8H8N2OS. The molecule has 0 fully saturated rings. The predicted molar refractivity (Wildman–Crippen MR) is 50.4 cm³/mol. The first-order valence-corrected chi connectivity index (χ1v) is 4.40. The number of anilines is 1. The third kappa shape index (κ3) is 0.848. The second-order valence-electron chi connectivity index (χ2n) is 2.60. The van der Waals surface area contributed by atoms with Crippen LogP contribution in [0.15, 0.2) is 11.4 Å². The van der Waals surface area contributed by atoms with Crippen LogP contribution in [0.3, 0.4) is 0 Å².